The van der Waals surface area contributed by atoms with Gasteiger partial charge in [0.2, 0.25) is 0 Å². The van der Waals surface area contributed by atoms with Crippen LogP contribution < -0.4 is 10.1 Å². The molecule has 0 aliphatic heterocycles. The number of carbonyl (C=O) groups excluding carboxylic acids is 1. The van der Waals surface area contributed by atoms with Crippen LogP contribution in [0.25, 0.3) is 0 Å². The summed E-state index contributed by atoms with van der Waals surface area (Å²) in [5, 5.41) is 2.52. The summed E-state index contributed by atoms with van der Waals surface area (Å²) in [6.45, 7) is 5.61. The molecule has 0 bridgehead atoms. The van der Waals surface area contributed by atoms with E-state index in [4.69, 9.17) is 4.74 Å². The van der Waals surface area contributed by atoms with Crippen molar-refractivity contribution in [3.8, 4) is 5.75 Å². The maximum absolute atomic E-state index is 13.7. The second-order valence-corrected chi connectivity index (χ2v) is 6.04. The molecule has 0 spiro atoms. The minimum atomic E-state index is -0.731. The van der Waals surface area contributed by atoms with E-state index >= 15 is 0 Å². The van der Waals surface area contributed by atoms with Gasteiger partial charge < -0.3 is 10.1 Å². The molecule has 0 aliphatic rings. The van der Waals surface area contributed by atoms with E-state index in [1.165, 1.54) is 12.1 Å². The summed E-state index contributed by atoms with van der Waals surface area (Å²) >= 11 is 3.17. The maximum atomic E-state index is 13.7. The molecular weight excluding hydrogens is 349 g/mol. The molecule has 0 radical (unpaired) electrons. The molecule has 2 rings (SSSR count). The first-order chi connectivity index (χ1) is 10.4. The molecule has 116 valence electrons. The van der Waals surface area contributed by atoms with Crippen molar-refractivity contribution in [1.29, 1.82) is 0 Å². The normalized spacial score (nSPS) is 11.9. The van der Waals surface area contributed by atoms with Gasteiger partial charge in [0.1, 0.15) is 11.6 Å². The number of aryl methyl sites for hydroxylation is 2. The van der Waals surface area contributed by atoms with E-state index in [0.717, 1.165) is 11.1 Å². The van der Waals surface area contributed by atoms with Gasteiger partial charge in [0, 0.05) is 4.47 Å². The lowest BCUT2D eigenvalue weighted by molar-refractivity contribution is -0.122. The van der Waals surface area contributed by atoms with E-state index in [1.54, 1.807) is 13.0 Å². The van der Waals surface area contributed by atoms with E-state index in [1.807, 2.05) is 32.0 Å². The van der Waals surface area contributed by atoms with Gasteiger partial charge in [0.05, 0.1) is 5.69 Å². The molecule has 1 atom stereocenters. The SMILES string of the molecule is Cc1ccc(O[C@@H](C)C(=O)Nc2ccc(Br)cc2F)cc1C. The van der Waals surface area contributed by atoms with Crippen LogP contribution in [0.15, 0.2) is 40.9 Å². The monoisotopic (exact) mass is 365 g/mol. The Kier molecular flexibility index (Phi) is 5.19. The lowest BCUT2D eigenvalue weighted by atomic mass is 10.1. The van der Waals surface area contributed by atoms with E-state index in [-0.39, 0.29) is 5.69 Å². The van der Waals surface area contributed by atoms with E-state index < -0.39 is 17.8 Å². The molecule has 0 fully saturated rings. The van der Waals surface area contributed by atoms with Crippen molar-refractivity contribution in [2.24, 2.45) is 0 Å². The number of anilines is 1. The highest BCUT2D eigenvalue weighted by Crippen LogP contribution is 2.21. The van der Waals surface area contributed by atoms with Crippen molar-refractivity contribution in [2.75, 3.05) is 5.32 Å². The summed E-state index contributed by atoms with van der Waals surface area (Å²) in [6, 6.07) is 10.1. The van der Waals surface area contributed by atoms with Gasteiger partial charge in [-0.25, -0.2) is 4.39 Å². The summed E-state index contributed by atoms with van der Waals surface area (Å²) in [5.41, 5.74) is 2.37. The molecule has 5 heteroatoms. The number of rotatable bonds is 4. The molecule has 1 N–H and O–H groups in total. The van der Waals surface area contributed by atoms with Gasteiger partial charge in [-0.3, -0.25) is 4.79 Å². The van der Waals surface area contributed by atoms with Crippen LogP contribution in [0.1, 0.15) is 18.1 Å². The Morgan fingerprint density at radius 3 is 2.55 bits per heavy atom. The Labute approximate surface area is 137 Å². The van der Waals surface area contributed by atoms with Crippen LogP contribution >= 0.6 is 15.9 Å². The highest BCUT2D eigenvalue weighted by Gasteiger charge is 2.16. The summed E-state index contributed by atoms with van der Waals surface area (Å²) in [5.74, 6) is -0.289. The van der Waals surface area contributed by atoms with Crippen LogP contribution in [0, 0.1) is 19.7 Å². The lowest BCUT2D eigenvalue weighted by Gasteiger charge is -2.16. The quantitative estimate of drug-likeness (QED) is 0.858. The smallest absolute Gasteiger partial charge is 0.265 e. The number of carbonyl (C=O) groups is 1. The predicted octanol–water partition coefficient (Wildman–Crippen LogP) is 4.61. The van der Waals surface area contributed by atoms with E-state index in [2.05, 4.69) is 21.2 Å². The van der Waals surface area contributed by atoms with Crippen LogP contribution in [-0.4, -0.2) is 12.0 Å². The number of nitrogens with one attached hydrogen (secondary N) is 1. The van der Waals surface area contributed by atoms with Gasteiger partial charge in [-0.2, -0.15) is 0 Å². The molecule has 0 aromatic heterocycles. The van der Waals surface area contributed by atoms with Gasteiger partial charge in [0.25, 0.3) is 5.91 Å². The van der Waals surface area contributed by atoms with Crippen molar-refractivity contribution < 1.29 is 13.9 Å². The molecule has 0 heterocycles. The zero-order valence-electron chi connectivity index (χ0n) is 12.6. The van der Waals surface area contributed by atoms with Crippen molar-refractivity contribution >= 4 is 27.5 Å². The van der Waals surface area contributed by atoms with Gasteiger partial charge in [-0.05, 0) is 62.2 Å². The summed E-state index contributed by atoms with van der Waals surface area (Å²) in [6.07, 6.45) is -0.731. The Morgan fingerprint density at radius 2 is 1.91 bits per heavy atom. The number of ether oxygens (including phenoxy) is 1. The number of hydrogen-bond acceptors (Lipinski definition) is 2. The molecule has 2 aromatic rings. The van der Waals surface area contributed by atoms with Crippen LogP contribution in [0.5, 0.6) is 5.75 Å². The average molecular weight is 366 g/mol. The van der Waals surface area contributed by atoms with Crippen LogP contribution in [0.4, 0.5) is 10.1 Å². The standard InChI is InChI=1S/C17H17BrFNO2/c1-10-4-6-14(8-11(10)2)22-12(3)17(21)20-16-7-5-13(18)9-15(16)19/h4-9,12H,1-3H3,(H,20,21)/t12-/m0/s1. The Morgan fingerprint density at radius 1 is 1.18 bits per heavy atom. The molecular formula is C17H17BrFNO2. The topological polar surface area (TPSA) is 38.3 Å². The zero-order valence-corrected chi connectivity index (χ0v) is 14.2. The van der Waals surface area contributed by atoms with Crippen molar-refractivity contribution in [3.05, 3.63) is 57.8 Å². The number of benzene rings is 2. The third-order valence-corrected chi connectivity index (χ3v) is 3.84. The Balaban J connectivity index is 2.04. The average Bonchev–Trinajstić information content (AvgIpc) is 2.45. The molecule has 0 saturated heterocycles. The van der Waals surface area contributed by atoms with Crippen molar-refractivity contribution in [2.45, 2.75) is 26.9 Å². The van der Waals surface area contributed by atoms with Crippen LogP contribution in [-0.2, 0) is 4.79 Å². The summed E-state index contributed by atoms with van der Waals surface area (Å²) in [7, 11) is 0. The molecule has 0 unspecified atom stereocenters. The van der Waals surface area contributed by atoms with Crippen molar-refractivity contribution in [1.82, 2.24) is 0 Å². The summed E-state index contributed by atoms with van der Waals surface area (Å²) < 4.78 is 19.9. The first-order valence-corrected chi connectivity index (χ1v) is 7.66. The number of halogens is 2. The molecule has 22 heavy (non-hydrogen) atoms. The summed E-state index contributed by atoms with van der Waals surface area (Å²) in [4.78, 5) is 12.1. The van der Waals surface area contributed by atoms with Gasteiger partial charge >= 0.3 is 0 Å². The second kappa shape index (κ2) is 6.92. The van der Waals surface area contributed by atoms with Gasteiger partial charge in [-0.1, -0.05) is 22.0 Å². The second-order valence-electron chi connectivity index (χ2n) is 5.12. The lowest BCUT2D eigenvalue weighted by Crippen LogP contribution is -2.30. The zero-order chi connectivity index (χ0) is 16.3. The molecule has 3 nitrogen and oxygen atoms in total. The first-order valence-electron chi connectivity index (χ1n) is 6.86. The third kappa shape index (κ3) is 4.07. The first kappa shape index (κ1) is 16.5. The van der Waals surface area contributed by atoms with E-state index in [9.17, 15) is 9.18 Å². The third-order valence-electron chi connectivity index (χ3n) is 3.35. The minimum Gasteiger partial charge on any atom is -0.481 e. The highest BCUT2D eigenvalue weighted by atomic mass is 79.9. The van der Waals surface area contributed by atoms with Gasteiger partial charge in [0.15, 0.2) is 6.10 Å². The molecule has 0 saturated carbocycles. The molecule has 1 amide bonds. The van der Waals surface area contributed by atoms with Crippen LogP contribution in [0.3, 0.4) is 0 Å². The Bertz CT molecular complexity index is 703. The predicted molar refractivity (Wildman–Crippen MR) is 88.7 cm³/mol. The fourth-order valence-electron chi connectivity index (χ4n) is 1.87. The molecule has 2 aromatic carbocycles. The molecule has 0 aliphatic carbocycles. The van der Waals surface area contributed by atoms with Crippen molar-refractivity contribution in [3.63, 3.8) is 0 Å². The highest BCUT2D eigenvalue weighted by molar-refractivity contribution is 9.10. The maximum Gasteiger partial charge on any atom is 0.265 e. The number of hydrogen-bond donors (Lipinski definition) is 1. The fraction of sp³-hybridized carbons (Fsp3) is 0.235. The van der Waals surface area contributed by atoms with Gasteiger partial charge in [-0.15, -0.1) is 0 Å². The van der Waals surface area contributed by atoms with Crippen LogP contribution in [0.2, 0.25) is 0 Å². The van der Waals surface area contributed by atoms with E-state index in [0.29, 0.717) is 10.2 Å². The minimum absolute atomic E-state index is 0.128. The fourth-order valence-corrected chi connectivity index (χ4v) is 2.20. The Hall–Kier alpha value is -1.88. The number of amides is 1. The largest absolute Gasteiger partial charge is 0.481 e.